The highest BCUT2D eigenvalue weighted by Crippen LogP contribution is 2.19. The minimum Gasteiger partial charge on any atom is -0.382 e. The maximum atomic E-state index is 11.4. The van der Waals surface area contributed by atoms with Crippen molar-refractivity contribution in [3.63, 3.8) is 0 Å². The Morgan fingerprint density at radius 1 is 1.39 bits per heavy atom. The number of aromatic nitrogens is 3. The van der Waals surface area contributed by atoms with E-state index >= 15 is 0 Å². The van der Waals surface area contributed by atoms with Gasteiger partial charge in [0.1, 0.15) is 5.82 Å². The van der Waals surface area contributed by atoms with Crippen molar-refractivity contribution in [1.82, 2.24) is 14.8 Å². The third-order valence-electron chi connectivity index (χ3n) is 2.36. The molecule has 0 radical (unpaired) electrons. The number of ether oxygens (including phenoxy) is 1. The summed E-state index contributed by atoms with van der Waals surface area (Å²) in [6.45, 7) is 6.93. The zero-order chi connectivity index (χ0) is 13.8. The van der Waals surface area contributed by atoms with Crippen LogP contribution in [0.5, 0.6) is 0 Å². The van der Waals surface area contributed by atoms with Crippen LogP contribution in [0.3, 0.4) is 0 Å². The Balaban J connectivity index is 2.89. The van der Waals surface area contributed by atoms with Crippen molar-refractivity contribution in [2.24, 2.45) is 0 Å². The highest BCUT2D eigenvalue weighted by molar-refractivity contribution is 8.13. The van der Waals surface area contributed by atoms with Gasteiger partial charge in [0.05, 0.1) is 0 Å². The van der Waals surface area contributed by atoms with E-state index in [1.165, 1.54) is 0 Å². The van der Waals surface area contributed by atoms with E-state index < -0.39 is 9.05 Å². The molecule has 18 heavy (non-hydrogen) atoms. The summed E-state index contributed by atoms with van der Waals surface area (Å²) in [5.41, 5.74) is 0. The lowest BCUT2D eigenvalue weighted by atomic mass is 10.3. The van der Waals surface area contributed by atoms with Crippen molar-refractivity contribution in [3.05, 3.63) is 5.82 Å². The molecule has 0 fully saturated rings. The molecule has 0 N–H and O–H groups in total. The largest absolute Gasteiger partial charge is 0.382 e. The van der Waals surface area contributed by atoms with Gasteiger partial charge in [-0.2, -0.15) is 0 Å². The van der Waals surface area contributed by atoms with E-state index in [1.54, 1.807) is 4.57 Å². The van der Waals surface area contributed by atoms with E-state index in [-0.39, 0.29) is 11.2 Å². The first-order valence-corrected chi connectivity index (χ1v) is 8.15. The first kappa shape index (κ1) is 15.4. The van der Waals surface area contributed by atoms with Crippen LogP contribution in [0.1, 0.15) is 39.1 Å². The van der Waals surface area contributed by atoms with Gasteiger partial charge in [0, 0.05) is 36.4 Å². The van der Waals surface area contributed by atoms with E-state index in [0.29, 0.717) is 25.5 Å². The van der Waals surface area contributed by atoms with Crippen LogP contribution in [0, 0.1) is 0 Å². The third-order valence-corrected chi connectivity index (χ3v) is 3.49. The van der Waals surface area contributed by atoms with Crippen molar-refractivity contribution in [1.29, 1.82) is 0 Å². The molecule has 0 bridgehead atoms. The Kier molecular flexibility index (Phi) is 5.55. The van der Waals surface area contributed by atoms with Crippen LogP contribution < -0.4 is 0 Å². The number of nitrogens with zero attached hydrogens (tertiary/aromatic N) is 3. The molecular weight excluding hydrogens is 278 g/mol. The lowest BCUT2D eigenvalue weighted by molar-refractivity contribution is 0.144. The molecule has 0 aliphatic heterocycles. The van der Waals surface area contributed by atoms with Crippen LogP contribution in [0.2, 0.25) is 0 Å². The number of aryl methyl sites for hydroxylation is 1. The Bertz CT molecular complexity index is 485. The van der Waals surface area contributed by atoms with Gasteiger partial charge in [0.15, 0.2) is 0 Å². The quantitative estimate of drug-likeness (QED) is 0.566. The molecular formula is C10H18ClN3O3S. The normalized spacial score (nSPS) is 12.3. The molecule has 0 saturated heterocycles. The minimum absolute atomic E-state index is 0.0642. The third kappa shape index (κ3) is 3.93. The monoisotopic (exact) mass is 295 g/mol. The van der Waals surface area contributed by atoms with E-state index in [0.717, 1.165) is 6.42 Å². The molecule has 0 spiro atoms. The molecule has 1 heterocycles. The summed E-state index contributed by atoms with van der Waals surface area (Å²) in [5.74, 6) is 0.615. The summed E-state index contributed by atoms with van der Waals surface area (Å²) in [7, 11) is 1.47. The molecule has 0 amide bonds. The molecule has 0 aromatic carbocycles. The first-order chi connectivity index (χ1) is 8.38. The van der Waals surface area contributed by atoms with Crippen LogP contribution in [0.4, 0.5) is 0 Å². The van der Waals surface area contributed by atoms with Gasteiger partial charge in [-0.15, -0.1) is 10.2 Å². The fraction of sp³-hybridized carbons (Fsp3) is 0.800. The molecule has 6 nitrogen and oxygen atoms in total. The highest BCUT2D eigenvalue weighted by atomic mass is 35.7. The topological polar surface area (TPSA) is 74.1 Å². The zero-order valence-corrected chi connectivity index (χ0v) is 12.3. The fourth-order valence-corrected chi connectivity index (χ4v) is 2.64. The van der Waals surface area contributed by atoms with Gasteiger partial charge in [0.2, 0.25) is 0 Å². The van der Waals surface area contributed by atoms with Crippen LogP contribution in [-0.4, -0.2) is 36.4 Å². The standard InChI is InChI=1S/C10H18ClN3O3S/c1-4-17-7-5-6-9-12-13-10(18(11,15)16)14(9)8(2)3/h8H,4-7H2,1-3H3. The zero-order valence-electron chi connectivity index (χ0n) is 10.8. The van der Waals surface area contributed by atoms with Gasteiger partial charge in [-0.25, -0.2) is 8.42 Å². The number of hydrogen-bond donors (Lipinski definition) is 0. The molecule has 104 valence electrons. The van der Waals surface area contributed by atoms with Crippen LogP contribution in [0.25, 0.3) is 0 Å². The van der Waals surface area contributed by atoms with E-state index in [9.17, 15) is 8.42 Å². The van der Waals surface area contributed by atoms with Gasteiger partial charge in [-0.3, -0.25) is 4.57 Å². The lowest BCUT2D eigenvalue weighted by Gasteiger charge is -2.12. The van der Waals surface area contributed by atoms with E-state index in [4.69, 9.17) is 15.4 Å². The molecule has 0 aliphatic carbocycles. The average Bonchev–Trinajstić information content (AvgIpc) is 2.67. The van der Waals surface area contributed by atoms with E-state index in [1.807, 2.05) is 20.8 Å². The lowest BCUT2D eigenvalue weighted by Crippen LogP contribution is -2.12. The number of hydrogen-bond acceptors (Lipinski definition) is 5. The van der Waals surface area contributed by atoms with Crippen molar-refractivity contribution in [3.8, 4) is 0 Å². The van der Waals surface area contributed by atoms with Gasteiger partial charge >= 0.3 is 0 Å². The summed E-state index contributed by atoms with van der Waals surface area (Å²) < 4.78 is 29.5. The van der Waals surface area contributed by atoms with Gasteiger partial charge < -0.3 is 4.74 Å². The maximum absolute atomic E-state index is 11.4. The Morgan fingerprint density at radius 2 is 2.06 bits per heavy atom. The van der Waals surface area contributed by atoms with Crippen LogP contribution >= 0.6 is 10.7 Å². The Labute approximate surface area is 112 Å². The summed E-state index contributed by atoms with van der Waals surface area (Å²) in [4.78, 5) is 0. The Morgan fingerprint density at radius 3 is 2.56 bits per heavy atom. The second kappa shape index (κ2) is 6.49. The fourth-order valence-electron chi connectivity index (χ4n) is 1.64. The Hall–Kier alpha value is -0.660. The second-order valence-corrected chi connectivity index (χ2v) is 6.56. The predicted molar refractivity (Wildman–Crippen MR) is 68.3 cm³/mol. The number of halogens is 1. The SMILES string of the molecule is CCOCCCc1nnc(S(=O)(=O)Cl)n1C(C)C. The summed E-state index contributed by atoms with van der Waals surface area (Å²) in [6, 6.07) is -0.0642. The van der Waals surface area contributed by atoms with Gasteiger partial charge in [-0.1, -0.05) is 0 Å². The van der Waals surface area contributed by atoms with Crippen molar-refractivity contribution in [2.45, 2.75) is 44.8 Å². The van der Waals surface area contributed by atoms with E-state index in [2.05, 4.69) is 10.2 Å². The van der Waals surface area contributed by atoms with Crippen molar-refractivity contribution in [2.75, 3.05) is 13.2 Å². The van der Waals surface area contributed by atoms with Crippen molar-refractivity contribution < 1.29 is 13.2 Å². The summed E-state index contributed by atoms with van der Waals surface area (Å²) in [6.07, 6.45) is 1.37. The molecule has 0 aliphatic rings. The second-order valence-electron chi connectivity index (χ2n) is 4.10. The average molecular weight is 296 g/mol. The highest BCUT2D eigenvalue weighted by Gasteiger charge is 2.23. The van der Waals surface area contributed by atoms with Gasteiger partial charge in [0.25, 0.3) is 14.2 Å². The van der Waals surface area contributed by atoms with Crippen LogP contribution in [0.15, 0.2) is 5.16 Å². The molecule has 1 aromatic rings. The minimum atomic E-state index is -3.86. The molecule has 1 aromatic heterocycles. The van der Waals surface area contributed by atoms with Crippen LogP contribution in [-0.2, 0) is 20.2 Å². The van der Waals surface area contributed by atoms with Gasteiger partial charge in [-0.05, 0) is 27.2 Å². The molecule has 1 rings (SSSR count). The molecule has 0 saturated carbocycles. The smallest absolute Gasteiger partial charge is 0.296 e. The molecule has 8 heteroatoms. The maximum Gasteiger partial charge on any atom is 0.296 e. The summed E-state index contributed by atoms with van der Waals surface area (Å²) >= 11 is 0. The predicted octanol–water partition coefficient (Wildman–Crippen LogP) is 1.76. The molecule has 0 unspecified atom stereocenters. The summed E-state index contributed by atoms with van der Waals surface area (Å²) in [5, 5.41) is 7.37. The first-order valence-electron chi connectivity index (χ1n) is 5.84. The molecule has 0 atom stereocenters. The number of rotatable bonds is 7. The van der Waals surface area contributed by atoms with Crippen molar-refractivity contribution >= 4 is 19.7 Å².